The Morgan fingerprint density at radius 1 is 1.11 bits per heavy atom. The number of nitrogens with one attached hydrogen (secondary N) is 1. The van der Waals surface area contributed by atoms with Gasteiger partial charge in [-0.25, -0.2) is 8.42 Å². The lowest BCUT2D eigenvalue weighted by Crippen LogP contribution is -2.29. The summed E-state index contributed by atoms with van der Waals surface area (Å²) in [5.74, 6) is -0.127. The molecular formula is C20H20BrClN2O3S. The highest BCUT2D eigenvalue weighted by atomic mass is 79.9. The number of anilines is 1. The third-order valence-corrected chi connectivity index (χ3v) is 8.31. The number of sulfonamides is 1. The van der Waals surface area contributed by atoms with Crippen molar-refractivity contribution in [2.75, 3.05) is 18.4 Å². The predicted octanol–water partition coefficient (Wildman–Crippen LogP) is 4.56. The Hall–Kier alpha value is -1.41. The van der Waals surface area contributed by atoms with Crippen LogP contribution in [0.15, 0.2) is 51.8 Å². The van der Waals surface area contributed by atoms with Crippen molar-refractivity contribution in [2.24, 2.45) is 0 Å². The Labute approximate surface area is 178 Å². The Kier molecular flexibility index (Phi) is 5.29. The fourth-order valence-corrected chi connectivity index (χ4v) is 6.07. The maximum Gasteiger partial charge on any atom is 0.244 e. The van der Waals surface area contributed by atoms with E-state index in [2.05, 4.69) is 21.2 Å². The van der Waals surface area contributed by atoms with Crippen LogP contribution in [-0.2, 0) is 20.2 Å². The number of amides is 1. The van der Waals surface area contributed by atoms with Gasteiger partial charge in [0.2, 0.25) is 15.9 Å². The quantitative estimate of drug-likeness (QED) is 0.678. The predicted molar refractivity (Wildman–Crippen MR) is 113 cm³/mol. The summed E-state index contributed by atoms with van der Waals surface area (Å²) in [5, 5.41) is 3.06. The highest BCUT2D eigenvalue weighted by Crippen LogP contribution is 2.49. The van der Waals surface area contributed by atoms with Gasteiger partial charge in [-0.1, -0.05) is 39.7 Å². The summed E-state index contributed by atoms with van der Waals surface area (Å²) in [6.07, 6.45) is 3.23. The highest BCUT2D eigenvalue weighted by molar-refractivity contribution is 9.10. The molecule has 1 saturated carbocycles. The van der Waals surface area contributed by atoms with Crippen LogP contribution in [0.5, 0.6) is 0 Å². The first-order valence-electron chi connectivity index (χ1n) is 9.20. The monoisotopic (exact) mass is 482 g/mol. The van der Waals surface area contributed by atoms with Gasteiger partial charge in [0.15, 0.2) is 0 Å². The Bertz CT molecular complexity index is 1030. The highest BCUT2D eigenvalue weighted by Gasteiger charge is 2.51. The molecule has 2 fully saturated rings. The van der Waals surface area contributed by atoms with E-state index in [1.54, 1.807) is 6.07 Å². The van der Waals surface area contributed by atoms with Crippen molar-refractivity contribution in [2.45, 2.75) is 36.0 Å². The van der Waals surface area contributed by atoms with Crippen molar-refractivity contribution >= 4 is 49.1 Å². The Balaban J connectivity index is 1.60. The summed E-state index contributed by atoms with van der Waals surface area (Å²) in [4.78, 5) is 13.0. The second-order valence-corrected chi connectivity index (χ2v) is 10.5. The Morgan fingerprint density at radius 3 is 2.46 bits per heavy atom. The molecule has 0 atom stereocenters. The molecule has 0 unspecified atom stereocenters. The van der Waals surface area contributed by atoms with Crippen LogP contribution in [0, 0.1) is 0 Å². The summed E-state index contributed by atoms with van der Waals surface area (Å²) in [5.41, 5.74) is 0.837. The molecule has 0 bridgehead atoms. The molecule has 2 aromatic rings. The number of hydrogen-bond acceptors (Lipinski definition) is 3. The van der Waals surface area contributed by atoms with Gasteiger partial charge in [-0.15, -0.1) is 0 Å². The summed E-state index contributed by atoms with van der Waals surface area (Å²) in [6.45, 7) is 1.00. The summed E-state index contributed by atoms with van der Waals surface area (Å²) < 4.78 is 28.1. The molecule has 0 aromatic heterocycles. The van der Waals surface area contributed by atoms with Crippen molar-refractivity contribution in [3.05, 3.63) is 57.5 Å². The average molecular weight is 484 g/mol. The number of hydrogen-bond donors (Lipinski definition) is 1. The molecule has 5 nitrogen and oxygen atoms in total. The van der Waals surface area contributed by atoms with Crippen molar-refractivity contribution in [1.29, 1.82) is 0 Å². The van der Waals surface area contributed by atoms with Gasteiger partial charge in [-0.3, -0.25) is 4.79 Å². The van der Waals surface area contributed by atoms with Gasteiger partial charge in [-0.2, -0.15) is 4.31 Å². The van der Waals surface area contributed by atoms with Crippen molar-refractivity contribution in [3.8, 4) is 0 Å². The van der Waals surface area contributed by atoms with Gasteiger partial charge in [0.25, 0.3) is 0 Å². The fourth-order valence-electron chi connectivity index (χ4n) is 3.66. The molecule has 4 rings (SSSR count). The molecule has 2 aromatic carbocycles. The third kappa shape index (κ3) is 3.61. The summed E-state index contributed by atoms with van der Waals surface area (Å²) >= 11 is 9.64. The van der Waals surface area contributed by atoms with Crippen LogP contribution in [0.2, 0.25) is 5.02 Å². The van der Waals surface area contributed by atoms with Crippen LogP contribution >= 0.6 is 27.5 Å². The zero-order valence-corrected chi connectivity index (χ0v) is 18.3. The SMILES string of the molecule is O=C(Nc1ccc(Cl)c(S(=O)(=O)N2CCCC2)c1)C1(c2cccc(Br)c2)CC1. The lowest BCUT2D eigenvalue weighted by atomic mass is 9.95. The Morgan fingerprint density at radius 2 is 1.82 bits per heavy atom. The summed E-state index contributed by atoms with van der Waals surface area (Å²) in [7, 11) is -3.66. The van der Waals surface area contributed by atoms with Crippen LogP contribution in [0.25, 0.3) is 0 Å². The van der Waals surface area contributed by atoms with Crippen molar-refractivity contribution in [3.63, 3.8) is 0 Å². The second kappa shape index (κ2) is 7.44. The minimum absolute atomic E-state index is 0.0427. The number of halogens is 2. The molecule has 1 amide bonds. The zero-order valence-electron chi connectivity index (χ0n) is 15.1. The van der Waals surface area contributed by atoms with Gasteiger partial charge in [0, 0.05) is 23.2 Å². The van der Waals surface area contributed by atoms with Crippen molar-refractivity contribution < 1.29 is 13.2 Å². The molecule has 1 heterocycles. The van der Waals surface area contributed by atoms with Gasteiger partial charge < -0.3 is 5.32 Å². The smallest absolute Gasteiger partial charge is 0.244 e. The van der Waals surface area contributed by atoms with E-state index >= 15 is 0 Å². The van der Waals surface area contributed by atoms with E-state index in [-0.39, 0.29) is 15.8 Å². The molecule has 0 radical (unpaired) electrons. The first-order valence-corrected chi connectivity index (χ1v) is 11.8. The molecule has 2 aliphatic rings. The molecule has 1 saturated heterocycles. The molecule has 28 heavy (non-hydrogen) atoms. The second-order valence-electron chi connectivity index (χ2n) is 7.30. The topological polar surface area (TPSA) is 66.5 Å². The molecular weight excluding hydrogens is 464 g/mol. The van der Waals surface area contributed by atoms with E-state index < -0.39 is 15.4 Å². The number of benzene rings is 2. The van der Waals surface area contributed by atoms with Gasteiger partial charge in [0.1, 0.15) is 4.90 Å². The minimum atomic E-state index is -3.66. The zero-order chi connectivity index (χ0) is 19.9. The number of carbonyl (C=O) groups excluding carboxylic acids is 1. The van der Waals surface area contributed by atoms with E-state index in [1.165, 1.54) is 16.4 Å². The maximum atomic E-state index is 13.0. The number of carbonyl (C=O) groups is 1. The van der Waals surface area contributed by atoms with Crippen LogP contribution in [-0.4, -0.2) is 31.7 Å². The van der Waals surface area contributed by atoms with Gasteiger partial charge in [0.05, 0.1) is 10.4 Å². The first kappa shape index (κ1) is 19.9. The van der Waals surface area contributed by atoms with Crippen molar-refractivity contribution in [1.82, 2.24) is 4.31 Å². The van der Waals surface area contributed by atoms with E-state index in [9.17, 15) is 13.2 Å². The number of nitrogens with zero attached hydrogens (tertiary/aromatic N) is 1. The molecule has 0 spiro atoms. The van der Waals surface area contributed by atoms with Crippen LogP contribution in [0.3, 0.4) is 0 Å². The van der Waals surface area contributed by atoms with E-state index in [4.69, 9.17) is 11.6 Å². The summed E-state index contributed by atoms with van der Waals surface area (Å²) in [6, 6.07) is 12.4. The molecule has 1 aliphatic heterocycles. The first-order chi connectivity index (χ1) is 13.3. The lowest BCUT2D eigenvalue weighted by molar-refractivity contribution is -0.118. The van der Waals surface area contributed by atoms with Crippen LogP contribution < -0.4 is 5.32 Å². The minimum Gasteiger partial charge on any atom is -0.325 e. The average Bonchev–Trinajstić information content (AvgIpc) is 3.29. The standard InChI is InChI=1S/C20H20BrClN2O3S/c21-15-5-3-4-14(12-15)20(8-9-20)19(25)23-16-6-7-17(22)18(13-16)28(26,27)24-10-1-2-11-24/h3-7,12-13H,1-2,8-11H2,(H,23,25). The third-order valence-electron chi connectivity index (χ3n) is 5.43. The van der Waals surface area contributed by atoms with Crippen LogP contribution in [0.1, 0.15) is 31.2 Å². The van der Waals surface area contributed by atoms with Gasteiger partial charge >= 0.3 is 0 Å². The van der Waals surface area contributed by atoms with Crippen LogP contribution in [0.4, 0.5) is 5.69 Å². The molecule has 1 N–H and O–H groups in total. The normalized spacial score (nSPS) is 18.8. The number of rotatable bonds is 5. The van der Waals surface area contributed by atoms with E-state index in [0.29, 0.717) is 18.8 Å². The van der Waals surface area contributed by atoms with E-state index in [0.717, 1.165) is 35.7 Å². The molecule has 148 valence electrons. The maximum absolute atomic E-state index is 13.0. The molecule has 8 heteroatoms. The van der Waals surface area contributed by atoms with E-state index in [1.807, 2.05) is 24.3 Å². The lowest BCUT2D eigenvalue weighted by Gasteiger charge is -2.19. The van der Waals surface area contributed by atoms with Gasteiger partial charge in [-0.05, 0) is 61.6 Å². The fraction of sp³-hybridized carbons (Fsp3) is 0.350. The molecule has 1 aliphatic carbocycles. The largest absolute Gasteiger partial charge is 0.325 e.